The highest BCUT2D eigenvalue weighted by Gasteiger charge is 2.27. The average molecular weight is 324 g/mol. The number of benzene rings is 1. The molecule has 1 aromatic rings. The molecule has 0 N–H and O–H groups in total. The van der Waals surface area contributed by atoms with Crippen LogP contribution in [0.15, 0.2) is 28.7 Å². The number of carbonyl (C=O) groups is 2. The third-order valence-electron chi connectivity index (χ3n) is 3.69. The molecule has 1 aliphatic rings. The van der Waals surface area contributed by atoms with Gasteiger partial charge in [-0.25, -0.2) is 0 Å². The predicted molar refractivity (Wildman–Crippen MR) is 78.1 cm³/mol. The summed E-state index contributed by atoms with van der Waals surface area (Å²) < 4.78 is 0.826. The summed E-state index contributed by atoms with van der Waals surface area (Å²) in [6.07, 6.45) is 2.19. The van der Waals surface area contributed by atoms with Crippen molar-refractivity contribution < 1.29 is 9.59 Å². The van der Waals surface area contributed by atoms with Crippen LogP contribution < -0.4 is 0 Å². The van der Waals surface area contributed by atoms with E-state index in [1.54, 1.807) is 0 Å². The Labute approximate surface area is 122 Å². The maximum Gasteiger partial charge on any atom is 0.254 e. The molecule has 1 saturated heterocycles. The smallest absolute Gasteiger partial charge is 0.254 e. The van der Waals surface area contributed by atoms with Crippen molar-refractivity contribution in [2.75, 3.05) is 13.1 Å². The van der Waals surface area contributed by atoms with Gasteiger partial charge in [0, 0.05) is 29.9 Å². The Kier molecular flexibility index (Phi) is 4.75. The number of ketones is 1. The van der Waals surface area contributed by atoms with Crippen LogP contribution in [0.5, 0.6) is 0 Å². The van der Waals surface area contributed by atoms with E-state index in [9.17, 15) is 9.59 Å². The highest BCUT2D eigenvalue weighted by molar-refractivity contribution is 9.10. The third-order valence-corrected chi connectivity index (χ3v) is 4.38. The van der Waals surface area contributed by atoms with Crippen LogP contribution in [0, 0.1) is 5.92 Å². The monoisotopic (exact) mass is 323 g/mol. The number of halogens is 1. The van der Waals surface area contributed by atoms with E-state index >= 15 is 0 Å². The molecule has 2 rings (SSSR count). The molecule has 1 fully saturated rings. The van der Waals surface area contributed by atoms with Crippen molar-refractivity contribution in [3.8, 4) is 0 Å². The number of amides is 1. The molecule has 1 amide bonds. The molecule has 0 saturated carbocycles. The lowest BCUT2D eigenvalue weighted by Gasteiger charge is -2.31. The van der Waals surface area contributed by atoms with E-state index in [4.69, 9.17) is 0 Å². The van der Waals surface area contributed by atoms with Gasteiger partial charge in [-0.15, -0.1) is 0 Å². The van der Waals surface area contributed by atoms with Gasteiger partial charge < -0.3 is 4.90 Å². The van der Waals surface area contributed by atoms with Crippen molar-refractivity contribution in [1.82, 2.24) is 4.90 Å². The number of piperidine rings is 1. The Morgan fingerprint density at radius 2 is 1.89 bits per heavy atom. The minimum atomic E-state index is 0.0508. The van der Waals surface area contributed by atoms with Gasteiger partial charge in [0.1, 0.15) is 5.78 Å². The highest BCUT2D eigenvalue weighted by atomic mass is 79.9. The molecule has 0 spiro atoms. The van der Waals surface area contributed by atoms with Gasteiger partial charge in [-0.2, -0.15) is 0 Å². The topological polar surface area (TPSA) is 37.4 Å². The Morgan fingerprint density at radius 3 is 2.47 bits per heavy atom. The first kappa shape index (κ1) is 14.3. The quantitative estimate of drug-likeness (QED) is 0.856. The van der Waals surface area contributed by atoms with Crippen LogP contribution in [0.4, 0.5) is 0 Å². The molecule has 1 aromatic carbocycles. The highest BCUT2D eigenvalue weighted by Crippen LogP contribution is 2.23. The van der Waals surface area contributed by atoms with Crippen molar-refractivity contribution in [2.45, 2.75) is 26.2 Å². The van der Waals surface area contributed by atoms with E-state index in [2.05, 4.69) is 15.9 Å². The van der Waals surface area contributed by atoms with Crippen LogP contribution in [-0.4, -0.2) is 29.7 Å². The van der Waals surface area contributed by atoms with Gasteiger partial charge >= 0.3 is 0 Å². The van der Waals surface area contributed by atoms with Crippen LogP contribution in [0.2, 0.25) is 0 Å². The van der Waals surface area contributed by atoms with Crippen LogP contribution in [0.1, 0.15) is 36.5 Å². The summed E-state index contributed by atoms with van der Waals surface area (Å²) in [4.78, 5) is 25.9. The summed E-state index contributed by atoms with van der Waals surface area (Å²) in [6, 6.07) is 7.47. The zero-order valence-corrected chi connectivity index (χ0v) is 12.6. The molecule has 19 heavy (non-hydrogen) atoms. The number of carbonyl (C=O) groups excluding carboxylic acids is 2. The Bertz CT molecular complexity index is 479. The van der Waals surface area contributed by atoms with Crippen molar-refractivity contribution >= 4 is 27.6 Å². The maximum atomic E-state index is 12.4. The van der Waals surface area contributed by atoms with Crippen molar-refractivity contribution in [1.29, 1.82) is 0 Å². The number of likely N-dealkylation sites (tertiary alicyclic amines) is 1. The molecule has 0 radical (unpaired) electrons. The van der Waals surface area contributed by atoms with E-state index in [1.165, 1.54) is 0 Å². The molecule has 0 aliphatic carbocycles. The molecule has 1 aliphatic heterocycles. The minimum absolute atomic E-state index is 0.0508. The number of hydrogen-bond acceptors (Lipinski definition) is 2. The first-order chi connectivity index (χ1) is 9.13. The van der Waals surface area contributed by atoms with E-state index in [1.807, 2.05) is 36.1 Å². The summed E-state index contributed by atoms with van der Waals surface area (Å²) in [6.45, 7) is 3.26. The lowest BCUT2D eigenvalue weighted by Crippen LogP contribution is -2.40. The Balaban J connectivity index is 2.00. The van der Waals surface area contributed by atoms with E-state index < -0.39 is 0 Å². The number of nitrogens with zero attached hydrogens (tertiary/aromatic N) is 1. The SMILES string of the molecule is CCC(=O)C1CCN(C(=O)c2ccccc2Br)CC1. The molecule has 0 aromatic heterocycles. The molecule has 1 heterocycles. The lowest BCUT2D eigenvalue weighted by molar-refractivity contribution is -0.123. The average Bonchev–Trinajstić information content (AvgIpc) is 2.46. The molecule has 0 unspecified atom stereocenters. The summed E-state index contributed by atoms with van der Waals surface area (Å²) >= 11 is 3.41. The van der Waals surface area contributed by atoms with Crippen LogP contribution in [0.3, 0.4) is 0 Å². The van der Waals surface area contributed by atoms with Gasteiger partial charge in [0.2, 0.25) is 0 Å². The number of Topliss-reactive ketones (excluding diaryl/α,β-unsaturated/α-hetero) is 1. The predicted octanol–water partition coefficient (Wildman–Crippen LogP) is 3.28. The lowest BCUT2D eigenvalue weighted by atomic mass is 9.91. The Morgan fingerprint density at radius 1 is 1.26 bits per heavy atom. The first-order valence-electron chi connectivity index (χ1n) is 6.70. The molecule has 0 bridgehead atoms. The van der Waals surface area contributed by atoms with Gasteiger partial charge in [0.25, 0.3) is 5.91 Å². The van der Waals surface area contributed by atoms with Crippen LogP contribution in [-0.2, 0) is 4.79 Å². The summed E-state index contributed by atoms with van der Waals surface area (Å²) in [7, 11) is 0. The van der Waals surface area contributed by atoms with Gasteiger partial charge in [0.05, 0.1) is 5.56 Å². The van der Waals surface area contributed by atoms with Crippen LogP contribution >= 0.6 is 15.9 Å². The second-order valence-electron chi connectivity index (χ2n) is 4.87. The fraction of sp³-hybridized carbons (Fsp3) is 0.467. The third kappa shape index (κ3) is 3.24. The van der Waals surface area contributed by atoms with Crippen molar-refractivity contribution in [3.63, 3.8) is 0 Å². The van der Waals surface area contributed by atoms with Crippen molar-refractivity contribution in [2.24, 2.45) is 5.92 Å². The zero-order chi connectivity index (χ0) is 13.8. The van der Waals surface area contributed by atoms with Gasteiger partial charge in [-0.1, -0.05) is 19.1 Å². The Hall–Kier alpha value is -1.16. The molecular weight excluding hydrogens is 306 g/mol. The van der Waals surface area contributed by atoms with Gasteiger partial charge in [-0.05, 0) is 40.9 Å². The first-order valence-corrected chi connectivity index (χ1v) is 7.49. The second kappa shape index (κ2) is 6.33. The normalized spacial score (nSPS) is 16.4. The van der Waals surface area contributed by atoms with E-state index in [0.29, 0.717) is 30.9 Å². The van der Waals surface area contributed by atoms with E-state index in [-0.39, 0.29) is 11.8 Å². The minimum Gasteiger partial charge on any atom is -0.339 e. The van der Waals surface area contributed by atoms with Crippen molar-refractivity contribution in [3.05, 3.63) is 34.3 Å². The number of rotatable bonds is 3. The molecule has 3 nitrogen and oxygen atoms in total. The largest absolute Gasteiger partial charge is 0.339 e. The maximum absolute atomic E-state index is 12.4. The zero-order valence-electron chi connectivity index (χ0n) is 11.1. The van der Waals surface area contributed by atoms with Gasteiger partial charge in [0.15, 0.2) is 0 Å². The molecule has 0 atom stereocenters. The molecule has 4 heteroatoms. The fourth-order valence-corrected chi connectivity index (χ4v) is 2.95. The standard InChI is InChI=1S/C15H18BrNO2/c1-2-14(18)11-7-9-17(10-8-11)15(19)12-5-3-4-6-13(12)16/h3-6,11H,2,7-10H2,1H3. The summed E-state index contributed by atoms with van der Waals surface area (Å²) in [5.74, 6) is 0.524. The molecule has 102 valence electrons. The second-order valence-corrected chi connectivity index (χ2v) is 5.72. The van der Waals surface area contributed by atoms with E-state index in [0.717, 1.165) is 17.3 Å². The van der Waals surface area contributed by atoms with Crippen LogP contribution in [0.25, 0.3) is 0 Å². The summed E-state index contributed by atoms with van der Waals surface area (Å²) in [5.41, 5.74) is 0.697. The number of hydrogen-bond donors (Lipinski definition) is 0. The fourth-order valence-electron chi connectivity index (χ4n) is 2.50. The van der Waals surface area contributed by atoms with Gasteiger partial charge in [-0.3, -0.25) is 9.59 Å². The summed E-state index contributed by atoms with van der Waals surface area (Å²) in [5, 5.41) is 0. The molecular formula is C15H18BrNO2.